The molecule has 3 rings (SSSR count). The minimum Gasteiger partial charge on any atom is -0.267 e. The average Bonchev–Trinajstić information content (AvgIpc) is 2.58. The van der Waals surface area contributed by atoms with E-state index in [0.717, 1.165) is 21.6 Å². The standard InChI is InChI=1S/C18H16N2OS/c1-22-16-12-19-20(13-14-8-4-2-5-9-14)18(21)17(16)15-10-6-3-7-11-15/h2-12H,13H2,1H3. The van der Waals surface area contributed by atoms with Crippen molar-refractivity contribution in [1.29, 1.82) is 0 Å². The van der Waals surface area contributed by atoms with Crippen molar-refractivity contribution in [2.24, 2.45) is 0 Å². The summed E-state index contributed by atoms with van der Waals surface area (Å²) in [5, 5.41) is 4.31. The van der Waals surface area contributed by atoms with Gasteiger partial charge in [0.15, 0.2) is 0 Å². The second kappa shape index (κ2) is 6.62. The first-order chi connectivity index (χ1) is 10.8. The van der Waals surface area contributed by atoms with Gasteiger partial charge in [0.1, 0.15) is 0 Å². The predicted octanol–water partition coefficient (Wildman–Crippen LogP) is 3.68. The third kappa shape index (κ3) is 2.97. The van der Waals surface area contributed by atoms with E-state index in [4.69, 9.17) is 0 Å². The Balaban J connectivity index is 2.09. The second-order valence-electron chi connectivity index (χ2n) is 4.90. The van der Waals surface area contributed by atoms with E-state index in [0.29, 0.717) is 6.54 Å². The van der Waals surface area contributed by atoms with Gasteiger partial charge in [-0.15, -0.1) is 11.8 Å². The largest absolute Gasteiger partial charge is 0.276 e. The minimum atomic E-state index is -0.0538. The SMILES string of the molecule is CSc1cnn(Cc2ccccc2)c(=O)c1-c1ccccc1. The number of nitrogens with zero attached hydrogens (tertiary/aromatic N) is 2. The number of hydrogen-bond donors (Lipinski definition) is 0. The molecule has 22 heavy (non-hydrogen) atoms. The number of rotatable bonds is 4. The quantitative estimate of drug-likeness (QED) is 0.690. The highest BCUT2D eigenvalue weighted by atomic mass is 32.2. The topological polar surface area (TPSA) is 34.9 Å². The predicted molar refractivity (Wildman–Crippen MR) is 91.3 cm³/mol. The maximum absolute atomic E-state index is 12.8. The van der Waals surface area contributed by atoms with Gasteiger partial charge in [0, 0.05) is 4.90 Å². The molecule has 4 heteroatoms. The summed E-state index contributed by atoms with van der Waals surface area (Å²) in [5.74, 6) is 0. The molecule has 0 radical (unpaired) electrons. The molecule has 0 amide bonds. The van der Waals surface area contributed by atoms with Crippen LogP contribution in [0, 0.1) is 0 Å². The van der Waals surface area contributed by atoms with Gasteiger partial charge in [0.2, 0.25) is 0 Å². The van der Waals surface area contributed by atoms with Gasteiger partial charge in [-0.2, -0.15) is 5.10 Å². The van der Waals surface area contributed by atoms with Gasteiger partial charge < -0.3 is 0 Å². The van der Waals surface area contributed by atoms with Gasteiger partial charge in [0.05, 0.1) is 18.3 Å². The molecule has 0 aliphatic rings. The van der Waals surface area contributed by atoms with E-state index in [1.807, 2.05) is 66.9 Å². The van der Waals surface area contributed by atoms with Crippen LogP contribution in [0.15, 0.2) is 76.6 Å². The summed E-state index contributed by atoms with van der Waals surface area (Å²) < 4.78 is 1.53. The first-order valence-corrected chi connectivity index (χ1v) is 8.25. The lowest BCUT2D eigenvalue weighted by Gasteiger charge is -2.11. The highest BCUT2D eigenvalue weighted by Crippen LogP contribution is 2.25. The monoisotopic (exact) mass is 308 g/mol. The molecule has 0 spiro atoms. The summed E-state index contributed by atoms with van der Waals surface area (Å²) in [5.41, 5.74) is 2.66. The molecule has 0 aliphatic heterocycles. The Kier molecular flexibility index (Phi) is 4.39. The Morgan fingerprint density at radius 2 is 1.64 bits per heavy atom. The summed E-state index contributed by atoms with van der Waals surface area (Å²) in [6.07, 6.45) is 3.74. The van der Waals surface area contributed by atoms with Crippen LogP contribution in [0.3, 0.4) is 0 Å². The van der Waals surface area contributed by atoms with Gasteiger partial charge in [-0.3, -0.25) is 4.79 Å². The zero-order chi connectivity index (χ0) is 15.4. The molecule has 110 valence electrons. The molecule has 0 saturated heterocycles. The molecule has 3 aromatic rings. The van der Waals surface area contributed by atoms with E-state index in [1.54, 1.807) is 18.0 Å². The van der Waals surface area contributed by atoms with Gasteiger partial charge >= 0.3 is 0 Å². The van der Waals surface area contributed by atoms with Gasteiger partial charge in [-0.25, -0.2) is 4.68 Å². The Morgan fingerprint density at radius 1 is 1.00 bits per heavy atom. The summed E-state index contributed by atoms with van der Waals surface area (Å²) >= 11 is 1.54. The fraction of sp³-hybridized carbons (Fsp3) is 0.111. The molecule has 0 atom stereocenters. The van der Waals surface area contributed by atoms with E-state index in [1.165, 1.54) is 4.68 Å². The van der Waals surface area contributed by atoms with E-state index in [-0.39, 0.29) is 5.56 Å². The maximum atomic E-state index is 12.8. The summed E-state index contributed by atoms with van der Waals surface area (Å²) in [7, 11) is 0. The Morgan fingerprint density at radius 3 is 2.27 bits per heavy atom. The molecular formula is C18H16N2OS. The van der Waals surface area contributed by atoms with Crippen LogP contribution in [0.2, 0.25) is 0 Å². The summed E-state index contributed by atoms with van der Waals surface area (Å²) in [4.78, 5) is 13.7. The highest BCUT2D eigenvalue weighted by molar-refractivity contribution is 7.98. The summed E-state index contributed by atoms with van der Waals surface area (Å²) in [6, 6.07) is 19.7. The molecule has 0 saturated carbocycles. The van der Waals surface area contributed by atoms with E-state index < -0.39 is 0 Å². The van der Waals surface area contributed by atoms with E-state index >= 15 is 0 Å². The van der Waals surface area contributed by atoms with E-state index in [9.17, 15) is 4.79 Å². The first-order valence-electron chi connectivity index (χ1n) is 7.03. The molecule has 0 bridgehead atoms. The molecular weight excluding hydrogens is 292 g/mol. The van der Waals surface area contributed by atoms with Crippen LogP contribution in [-0.2, 0) is 6.54 Å². The van der Waals surface area contributed by atoms with E-state index in [2.05, 4.69) is 5.10 Å². The zero-order valence-electron chi connectivity index (χ0n) is 12.3. The lowest BCUT2D eigenvalue weighted by atomic mass is 10.1. The van der Waals surface area contributed by atoms with Crippen molar-refractivity contribution in [2.75, 3.05) is 6.26 Å². The van der Waals surface area contributed by atoms with Gasteiger partial charge in [0.25, 0.3) is 5.56 Å². The maximum Gasteiger partial charge on any atom is 0.276 e. The van der Waals surface area contributed by atoms with Crippen molar-refractivity contribution in [2.45, 2.75) is 11.4 Å². The minimum absolute atomic E-state index is 0.0538. The van der Waals surface area contributed by atoms with Crippen LogP contribution in [-0.4, -0.2) is 16.0 Å². The number of hydrogen-bond acceptors (Lipinski definition) is 3. The Labute approximate surface area is 133 Å². The molecule has 0 N–H and O–H groups in total. The lowest BCUT2D eigenvalue weighted by Crippen LogP contribution is -2.25. The third-order valence-electron chi connectivity index (χ3n) is 3.47. The van der Waals surface area contributed by atoms with Crippen molar-refractivity contribution in [1.82, 2.24) is 9.78 Å². The van der Waals surface area contributed by atoms with Crippen molar-refractivity contribution in [3.8, 4) is 11.1 Å². The molecule has 2 aromatic carbocycles. The van der Waals surface area contributed by atoms with Crippen LogP contribution in [0.25, 0.3) is 11.1 Å². The third-order valence-corrected chi connectivity index (χ3v) is 4.22. The van der Waals surface area contributed by atoms with Crippen molar-refractivity contribution in [3.63, 3.8) is 0 Å². The molecule has 1 aromatic heterocycles. The Bertz CT molecular complexity index is 813. The normalized spacial score (nSPS) is 10.6. The molecule has 0 fully saturated rings. The molecule has 1 heterocycles. The zero-order valence-corrected chi connectivity index (χ0v) is 13.1. The lowest BCUT2D eigenvalue weighted by molar-refractivity contribution is 0.633. The second-order valence-corrected chi connectivity index (χ2v) is 5.75. The van der Waals surface area contributed by atoms with Crippen LogP contribution in [0.5, 0.6) is 0 Å². The number of thioether (sulfide) groups is 1. The van der Waals surface area contributed by atoms with Gasteiger partial charge in [-0.05, 0) is 17.4 Å². The highest BCUT2D eigenvalue weighted by Gasteiger charge is 2.13. The van der Waals surface area contributed by atoms with Crippen LogP contribution >= 0.6 is 11.8 Å². The molecule has 3 nitrogen and oxygen atoms in total. The van der Waals surface area contributed by atoms with Crippen LogP contribution < -0.4 is 5.56 Å². The van der Waals surface area contributed by atoms with Crippen molar-refractivity contribution in [3.05, 3.63) is 82.8 Å². The smallest absolute Gasteiger partial charge is 0.267 e. The van der Waals surface area contributed by atoms with Gasteiger partial charge in [-0.1, -0.05) is 60.7 Å². The number of aromatic nitrogens is 2. The Hall–Kier alpha value is -2.33. The van der Waals surface area contributed by atoms with Crippen molar-refractivity contribution < 1.29 is 0 Å². The summed E-state index contributed by atoms with van der Waals surface area (Å²) in [6.45, 7) is 0.480. The number of benzene rings is 2. The fourth-order valence-electron chi connectivity index (χ4n) is 2.37. The molecule has 0 aliphatic carbocycles. The van der Waals surface area contributed by atoms with Crippen molar-refractivity contribution >= 4 is 11.8 Å². The average molecular weight is 308 g/mol. The van der Waals surface area contributed by atoms with Crippen LogP contribution in [0.1, 0.15) is 5.56 Å². The molecule has 0 unspecified atom stereocenters. The van der Waals surface area contributed by atoms with Crippen LogP contribution in [0.4, 0.5) is 0 Å². The fourth-order valence-corrected chi connectivity index (χ4v) is 2.93. The first kappa shape index (κ1) is 14.6.